The molecule has 2 rings (SSSR count). The third kappa shape index (κ3) is 4.52. The van der Waals surface area contributed by atoms with Gasteiger partial charge in [-0.15, -0.1) is 0 Å². The standard InChI is InChI=1S/C17H18O3/c1-14-7-9-15(10-8-14)17(18)13-19-11-12-20-16-5-3-2-4-6-16/h2-10H,11-13H2,1H3. The van der Waals surface area contributed by atoms with Gasteiger partial charge in [-0.05, 0) is 19.1 Å². The molecule has 3 nitrogen and oxygen atoms in total. The number of ketones is 1. The van der Waals surface area contributed by atoms with Crippen molar-refractivity contribution in [3.05, 3.63) is 65.7 Å². The van der Waals surface area contributed by atoms with Gasteiger partial charge in [-0.2, -0.15) is 0 Å². The monoisotopic (exact) mass is 270 g/mol. The maximum Gasteiger partial charge on any atom is 0.188 e. The second-order valence-electron chi connectivity index (χ2n) is 4.50. The molecule has 0 heterocycles. The Morgan fingerprint density at radius 1 is 0.950 bits per heavy atom. The first-order valence-electron chi connectivity index (χ1n) is 6.61. The minimum absolute atomic E-state index is 0.00953. The number of rotatable bonds is 7. The molecule has 104 valence electrons. The fourth-order valence-corrected chi connectivity index (χ4v) is 1.72. The van der Waals surface area contributed by atoms with E-state index < -0.39 is 0 Å². The van der Waals surface area contributed by atoms with Crippen LogP contribution in [-0.2, 0) is 4.74 Å². The van der Waals surface area contributed by atoms with E-state index in [4.69, 9.17) is 9.47 Å². The Morgan fingerprint density at radius 3 is 2.35 bits per heavy atom. The Kier molecular flexibility index (Phi) is 5.33. The highest BCUT2D eigenvalue weighted by Crippen LogP contribution is 2.08. The third-order valence-electron chi connectivity index (χ3n) is 2.85. The predicted octanol–water partition coefficient (Wildman–Crippen LogP) is 3.27. The normalized spacial score (nSPS) is 10.2. The van der Waals surface area contributed by atoms with Gasteiger partial charge in [0.15, 0.2) is 5.78 Å². The molecule has 0 bridgehead atoms. The van der Waals surface area contributed by atoms with Gasteiger partial charge >= 0.3 is 0 Å². The maximum absolute atomic E-state index is 11.8. The van der Waals surface area contributed by atoms with Crippen molar-refractivity contribution in [1.29, 1.82) is 0 Å². The molecular formula is C17H18O3. The van der Waals surface area contributed by atoms with Crippen LogP contribution in [0.4, 0.5) is 0 Å². The van der Waals surface area contributed by atoms with Gasteiger partial charge in [-0.3, -0.25) is 4.79 Å². The van der Waals surface area contributed by atoms with Gasteiger partial charge in [0.1, 0.15) is 19.0 Å². The lowest BCUT2D eigenvalue weighted by Gasteiger charge is -2.06. The fourth-order valence-electron chi connectivity index (χ4n) is 1.72. The number of ether oxygens (including phenoxy) is 2. The van der Waals surface area contributed by atoms with Gasteiger partial charge in [0.25, 0.3) is 0 Å². The molecule has 0 aliphatic carbocycles. The lowest BCUT2D eigenvalue weighted by molar-refractivity contribution is 0.0688. The zero-order valence-electron chi connectivity index (χ0n) is 11.5. The first-order chi connectivity index (χ1) is 9.75. The van der Waals surface area contributed by atoms with E-state index in [1.165, 1.54) is 0 Å². The lowest BCUT2D eigenvalue weighted by atomic mass is 10.1. The highest BCUT2D eigenvalue weighted by Gasteiger charge is 2.05. The number of hydrogen-bond acceptors (Lipinski definition) is 3. The predicted molar refractivity (Wildman–Crippen MR) is 78.3 cm³/mol. The summed E-state index contributed by atoms with van der Waals surface area (Å²) in [4.78, 5) is 11.8. The first-order valence-corrected chi connectivity index (χ1v) is 6.61. The number of Topliss-reactive ketones (excluding diaryl/α,β-unsaturated/α-hetero) is 1. The zero-order valence-corrected chi connectivity index (χ0v) is 11.5. The quantitative estimate of drug-likeness (QED) is 0.572. The average molecular weight is 270 g/mol. The van der Waals surface area contributed by atoms with Gasteiger partial charge in [-0.25, -0.2) is 0 Å². The van der Waals surface area contributed by atoms with Gasteiger partial charge in [0, 0.05) is 5.56 Å². The number of hydrogen-bond donors (Lipinski definition) is 0. The molecule has 0 saturated heterocycles. The van der Waals surface area contributed by atoms with Crippen molar-refractivity contribution >= 4 is 5.78 Å². The number of para-hydroxylation sites is 1. The lowest BCUT2D eigenvalue weighted by Crippen LogP contribution is -2.13. The summed E-state index contributed by atoms with van der Waals surface area (Å²) in [5, 5.41) is 0. The van der Waals surface area contributed by atoms with Crippen molar-refractivity contribution in [3.8, 4) is 5.75 Å². The average Bonchev–Trinajstić information content (AvgIpc) is 2.48. The fraction of sp³-hybridized carbons (Fsp3) is 0.235. The summed E-state index contributed by atoms with van der Waals surface area (Å²) < 4.78 is 10.8. The van der Waals surface area contributed by atoms with Gasteiger partial charge in [0.05, 0.1) is 6.61 Å². The number of benzene rings is 2. The van der Waals surface area contributed by atoms with E-state index in [0.717, 1.165) is 11.3 Å². The molecule has 0 spiro atoms. The van der Waals surface area contributed by atoms with Crippen LogP contribution in [0.3, 0.4) is 0 Å². The summed E-state index contributed by atoms with van der Waals surface area (Å²) in [5.41, 5.74) is 1.82. The summed E-state index contributed by atoms with van der Waals surface area (Å²) in [6.07, 6.45) is 0. The molecule has 2 aromatic rings. The summed E-state index contributed by atoms with van der Waals surface area (Å²) in [6, 6.07) is 17.0. The molecule has 0 radical (unpaired) electrons. The van der Waals surface area contributed by atoms with Crippen molar-refractivity contribution in [2.24, 2.45) is 0 Å². The molecule has 20 heavy (non-hydrogen) atoms. The van der Waals surface area contributed by atoms with Crippen LogP contribution in [0.25, 0.3) is 0 Å². The van der Waals surface area contributed by atoms with E-state index in [9.17, 15) is 4.79 Å². The first kappa shape index (κ1) is 14.3. The molecule has 2 aromatic carbocycles. The molecule has 0 atom stereocenters. The molecular weight excluding hydrogens is 252 g/mol. The minimum Gasteiger partial charge on any atom is -0.491 e. The van der Waals surface area contributed by atoms with Crippen molar-refractivity contribution in [3.63, 3.8) is 0 Å². The largest absolute Gasteiger partial charge is 0.491 e. The Balaban J connectivity index is 1.66. The molecule has 3 heteroatoms. The number of carbonyl (C=O) groups is 1. The van der Waals surface area contributed by atoms with E-state index in [-0.39, 0.29) is 12.4 Å². The maximum atomic E-state index is 11.8. The Labute approximate surface area is 119 Å². The minimum atomic E-state index is -0.00953. The van der Waals surface area contributed by atoms with Crippen LogP contribution in [0.15, 0.2) is 54.6 Å². The molecule has 0 aliphatic heterocycles. The molecule has 0 fully saturated rings. The highest BCUT2D eigenvalue weighted by molar-refractivity contribution is 5.97. The Bertz CT molecular complexity index is 532. The second-order valence-corrected chi connectivity index (χ2v) is 4.50. The van der Waals surface area contributed by atoms with Crippen molar-refractivity contribution in [2.45, 2.75) is 6.92 Å². The zero-order chi connectivity index (χ0) is 14.2. The second kappa shape index (κ2) is 7.46. The van der Waals surface area contributed by atoms with Crippen LogP contribution < -0.4 is 4.74 Å². The van der Waals surface area contributed by atoms with E-state index in [0.29, 0.717) is 18.8 Å². The van der Waals surface area contributed by atoms with Crippen LogP contribution in [-0.4, -0.2) is 25.6 Å². The van der Waals surface area contributed by atoms with Crippen molar-refractivity contribution in [1.82, 2.24) is 0 Å². The molecule has 0 unspecified atom stereocenters. The van der Waals surface area contributed by atoms with E-state index >= 15 is 0 Å². The van der Waals surface area contributed by atoms with Crippen LogP contribution in [0.5, 0.6) is 5.75 Å². The summed E-state index contributed by atoms with van der Waals surface area (Å²) in [6.45, 7) is 2.91. The number of carbonyl (C=O) groups excluding carboxylic acids is 1. The highest BCUT2D eigenvalue weighted by atomic mass is 16.5. The molecule has 0 N–H and O–H groups in total. The van der Waals surface area contributed by atoms with Crippen molar-refractivity contribution < 1.29 is 14.3 Å². The smallest absolute Gasteiger partial charge is 0.188 e. The summed E-state index contributed by atoms with van der Waals surface area (Å²) >= 11 is 0. The van der Waals surface area contributed by atoms with Gasteiger partial charge in [-0.1, -0.05) is 48.0 Å². The molecule has 0 amide bonds. The van der Waals surface area contributed by atoms with E-state index in [2.05, 4.69) is 0 Å². The van der Waals surface area contributed by atoms with Crippen molar-refractivity contribution in [2.75, 3.05) is 19.8 Å². The van der Waals surface area contributed by atoms with E-state index in [1.54, 1.807) is 0 Å². The topological polar surface area (TPSA) is 35.5 Å². The third-order valence-corrected chi connectivity index (χ3v) is 2.85. The molecule has 0 saturated carbocycles. The molecule has 0 aromatic heterocycles. The summed E-state index contributed by atoms with van der Waals surface area (Å²) in [7, 11) is 0. The Hall–Kier alpha value is -2.13. The Morgan fingerprint density at radius 2 is 1.65 bits per heavy atom. The van der Waals surface area contributed by atoms with Crippen LogP contribution >= 0.6 is 0 Å². The SMILES string of the molecule is Cc1ccc(C(=O)COCCOc2ccccc2)cc1. The van der Waals surface area contributed by atoms with Crippen LogP contribution in [0.2, 0.25) is 0 Å². The van der Waals surface area contributed by atoms with Gasteiger partial charge in [0.2, 0.25) is 0 Å². The summed E-state index contributed by atoms with van der Waals surface area (Å²) in [5.74, 6) is 0.797. The van der Waals surface area contributed by atoms with Crippen LogP contribution in [0.1, 0.15) is 15.9 Å². The number of aryl methyl sites for hydroxylation is 1. The molecule has 0 aliphatic rings. The van der Waals surface area contributed by atoms with E-state index in [1.807, 2.05) is 61.5 Å². The van der Waals surface area contributed by atoms with Gasteiger partial charge < -0.3 is 9.47 Å². The van der Waals surface area contributed by atoms with Crippen LogP contribution in [0, 0.1) is 6.92 Å².